The van der Waals surface area contributed by atoms with E-state index in [9.17, 15) is 13.6 Å². The molecule has 1 heterocycles. The third kappa shape index (κ3) is 3.86. The lowest BCUT2D eigenvalue weighted by Gasteiger charge is -2.35. The van der Waals surface area contributed by atoms with Gasteiger partial charge in [-0.1, -0.05) is 0 Å². The lowest BCUT2D eigenvalue weighted by Crippen LogP contribution is -2.51. The number of nitrogens with one attached hydrogen (secondary N) is 2. The summed E-state index contributed by atoms with van der Waals surface area (Å²) in [5, 5.41) is 14.5. The van der Waals surface area contributed by atoms with Crippen molar-refractivity contribution in [2.75, 3.05) is 33.4 Å². The van der Waals surface area contributed by atoms with Crippen molar-refractivity contribution in [1.29, 1.82) is 0 Å². The maximum atomic E-state index is 12.1. The largest absolute Gasteiger partial charge is 0.385 e. The van der Waals surface area contributed by atoms with Crippen LogP contribution in [-0.4, -0.2) is 56.9 Å². The highest BCUT2D eigenvalue weighted by Gasteiger charge is 2.39. The Labute approximate surface area is 105 Å². The predicted octanol–water partition coefficient (Wildman–Crippen LogP) is -0.255. The number of hydrogen-bond donors (Lipinski definition) is 3. The summed E-state index contributed by atoms with van der Waals surface area (Å²) < 4.78 is 29.3. The van der Waals surface area contributed by atoms with E-state index in [1.54, 1.807) is 0 Å². The number of amides is 1. The second-order valence-corrected chi connectivity index (χ2v) is 4.58. The topological polar surface area (TPSA) is 70.6 Å². The Morgan fingerprint density at radius 2 is 2.11 bits per heavy atom. The molecule has 1 saturated heterocycles. The summed E-state index contributed by atoms with van der Waals surface area (Å²) in [4.78, 5) is 12.1. The van der Waals surface area contributed by atoms with Crippen LogP contribution in [0.3, 0.4) is 0 Å². The Balaban J connectivity index is 2.54. The van der Waals surface area contributed by atoms with Crippen LogP contribution >= 0.6 is 0 Å². The van der Waals surface area contributed by atoms with Gasteiger partial charge in [0, 0.05) is 13.7 Å². The number of halogens is 2. The quantitative estimate of drug-likeness (QED) is 0.620. The fourth-order valence-electron chi connectivity index (χ4n) is 2.09. The average Bonchev–Trinajstić information content (AvgIpc) is 2.36. The molecule has 1 amide bonds. The predicted molar refractivity (Wildman–Crippen MR) is 61.4 cm³/mol. The van der Waals surface area contributed by atoms with Gasteiger partial charge in [0.1, 0.15) is 6.10 Å². The summed E-state index contributed by atoms with van der Waals surface area (Å²) >= 11 is 0. The molecular weight excluding hydrogens is 246 g/mol. The van der Waals surface area contributed by atoms with E-state index in [4.69, 9.17) is 9.84 Å². The molecule has 106 valence electrons. The Hall–Kier alpha value is -0.790. The molecule has 0 spiro atoms. The Morgan fingerprint density at radius 1 is 1.50 bits per heavy atom. The molecule has 0 aromatic carbocycles. The van der Waals surface area contributed by atoms with E-state index in [2.05, 4.69) is 10.6 Å². The summed E-state index contributed by atoms with van der Waals surface area (Å²) in [6, 6.07) is 0. The molecule has 0 aliphatic carbocycles. The highest BCUT2D eigenvalue weighted by atomic mass is 19.3. The lowest BCUT2D eigenvalue weighted by atomic mass is 9.78. The maximum Gasteiger partial charge on any atom is 0.265 e. The SMILES string of the molecule is COCC1(C(=O)NCC(O)C(F)F)CCNCC1. The van der Waals surface area contributed by atoms with E-state index < -0.39 is 24.5 Å². The highest BCUT2D eigenvalue weighted by Crippen LogP contribution is 2.29. The zero-order chi connectivity index (χ0) is 13.6. The zero-order valence-corrected chi connectivity index (χ0v) is 10.4. The number of alkyl halides is 2. The number of methoxy groups -OCH3 is 1. The summed E-state index contributed by atoms with van der Waals surface area (Å²) in [6.07, 6.45) is -3.48. The number of carbonyl (C=O) groups is 1. The van der Waals surface area contributed by atoms with E-state index in [1.165, 1.54) is 7.11 Å². The molecule has 1 atom stereocenters. The molecule has 0 aromatic rings. The fraction of sp³-hybridized carbons (Fsp3) is 0.909. The second kappa shape index (κ2) is 6.96. The van der Waals surface area contributed by atoms with Gasteiger partial charge in [-0.05, 0) is 25.9 Å². The van der Waals surface area contributed by atoms with Crippen LogP contribution < -0.4 is 10.6 Å². The normalized spacial score (nSPS) is 20.7. The van der Waals surface area contributed by atoms with Crippen molar-refractivity contribution in [2.45, 2.75) is 25.4 Å². The molecule has 1 rings (SSSR count). The first-order valence-corrected chi connectivity index (χ1v) is 5.96. The second-order valence-electron chi connectivity index (χ2n) is 4.58. The van der Waals surface area contributed by atoms with Gasteiger partial charge in [0.15, 0.2) is 0 Å². The summed E-state index contributed by atoms with van der Waals surface area (Å²) in [5.41, 5.74) is -0.679. The Kier molecular flexibility index (Phi) is 5.90. The first-order valence-electron chi connectivity index (χ1n) is 5.96. The van der Waals surface area contributed by atoms with Crippen LogP contribution in [0.15, 0.2) is 0 Å². The van der Waals surface area contributed by atoms with Crippen molar-refractivity contribution in [3.8, 4) is 0 Å². The van der Waals surface area contributed by atoms with Crippen LogP contribution in [0.2, 0.25) is 0 Å². The van der Waals surface area contributed by atoms with E-state index in [0.29, 0.717) is 25.9 Å². The molecule has 0 saturated carbocycles. The third-order valence-electron chi connectivity index (χ3n) is 3.23. The number of aliphatic hydroxyl groups excluding tert-OH is 1. The third-order valence-corrected chi connectivity index (χ3v) is 3.23. The van der Waals surface area contributed by atoms with Crippen molar-refractivity contribution in [2.24, 2.45) is 5.41 Å². The van der Waals surface area contributed by atoms with Crippen LogP contribution in [0.4, 0.5) is 8.78 Å². The van der Waals surface area contributed by atoms with Gasteiger partial charge in [0.05, 0.1) is 12.0 Å². The van der Waals surface area contributed by atoms with Crippen molar-refractivity contribution in [3.05, 3.63) is 0 Å². The van der Waals surface area contributed by atoms with Crippen LogP contribution in [-0.2, 0) is 9.53 Å². The molecular formula is C11H20F2N2O3. The van der Waals surface area contributed by atoms with Crippen molar-refractivity contribution < 1.29 is 23.4 Å². The molecule has 5 nitrogen and oxygen atoms in total. The van der Waals surface area contributed by atoms with Crippen molar-refractivity contribution >= 4 is 5.91 Å². The molecule has 3 N–H and O–H groups in total. The van der Waals surface area contributed by atoms with Gasteiger partial charge >= 0.3 is 0 Å². The van der Waals surface area contributed by atoms with E-state index in [1.807, 2.05) is 0 Å². The Bertz CT molecular complexity index is 266. The molecule has 7 heteroatoms. The summed E-state index contributed by atoms with van der Waals surface area (Å²) in [5.74, 6) is -0.328. The number of rotatable bonds is 6. The van der Waals surface area contributed by atoms with Crippen molar-refractivity contribution in [3.63, 3.8) is 0 Å². The Morgan fingerprint density at radius 3 is 2.61 bits per heavy atom. The number of piperidine rings is 1. The molecule has 18 heavy (non-hydrogen) atoms. The van der Waals surface area contributed by atoms with Crippen LogP contribution in [0.1, 0.15) is 12.8 Å². The highest BCUT2D eigenvalue weighted by molar-refractivity contribution is 5.83. The first kappa shape index (κ1) is 15.3. The van der Waals surface area contributed by atoms with Gasteiger partial charge in [-0.25, -0.2) is 8.78 Å². The minimum atomic E-state index is -2.85. The molecule has 1 unspecified atom stereocenters. The van der Waals surface area contributed by atoms with E-state index in [-0.39, 0.29) is 12.5 Å². The van der Waals surface area contributed by atoms with Gasteiger partial charge in [-0.15, -0.1) is 0 Å². The van der Waals surface area contributed by atoms with E-state index >= 15 is 0 Å². The van der Waals surface area contributed by atoms with E-state index in [0.717, 1.165) is 0 Å². The first-order chi connectivity index (χ1) is 8.52. The van der Waals surface area contributed by atoms with Gasteiger partial charge < -0.3 is 20.5 Å². The number of hydrogen-bond acceptors (Lipinski definition) is 4. The van der Waals surface area contributed by atoms with Gasteiger partial charge in [0.25, 0.3) is 6.43 Å². The van der Waals surface area contributed by atoms with Crippen molar-refractivity contribution in [1.82, 2.24) is 10.6 Å². The molecule has 0 radical (unpaired) electrons. The lowest BCUT2D eigenvalue weighted by molar-refractivity contribution is -0.137. The minimum Gasteiger partial charge on any atom is -0.385 e. The van der Waals surface area contributed by atoms with Gasteiger partial charge in [-0.3, -0.25) is 4.79 Å². The average molecular weight is 266 g/mol. The molecule has 1 aliphatic heterocycles. The van der Waals surface area contributed by atoms with Gasteiger partial charge in [-0.2, -0.15) is 0 Å². The van der Waals surface area contributed by atoms with Crippen LogP contribution in [0.5, 0.6) is 0 Å². The summed E-state index contributed by atoms with van der Waals surface area (Å²) in [7, 11) is 1.51. The van der Waals surface area contributed by atoms with Crippen LogP contribution in [0.25, 0.3) is 0 Å². The molecule has 0 bridgehead atoms. The fourth-order valence-corrected chi connectivity index (χ4v) is 2.09. The standard InChI is InChI=1S/C11H20F2N2O3/c1-18-7-11(2-4-14-5-3-11)10(17)15-6-8(16)9(12)13/h8-9,14,16H,2-7H2,1H3,(H,15,17). The monoisotopic (exact) mass is 266 g/mol. The number of aliphatic hydroxyl groups is 1. The molecule has 0 aromatic heterocycles. The zero-order valence-electron chi connectivity index (χ0n) is 10.4. The van der Waals surface area contributed by atoms with Crippen LogP contribution in [0, 0.1) is 5.41 Å². The minimum absolute atomic E-state index is 0.255. The van der Waals surface area contributed by atoms with Gasteiger partial charge in [0.2, 0.25) is 5.91 Å². The smallest absolute Gasteiger partial charge is 0.265 e. The number of ether oxygens (including phenoxy) is 1. The molecule has 1 aliphatic rings. The summed E-state index contributed by atoms with van der Waals surface area (Å²) in [6.45, 7) is 1.20. The molecule has 1 fully saturated rings. The maximum absolute atomic E-state index is 12.1. The number of carbonyl (C=O) groups excluding carboxylic acids is 1.